The zero-order valence-electron chi connectivity index (χ0n) is 11.2. The molecule has 19 heavy (non-hydrogen) atoms. The number of ether oxygens (including phenoxy) is 1. The summed E-state index contributed by atoms with van der Waals surface area (Å²) < 4.78 is 5.42. The summed E-state index contributed by atoms with van der Waals surface area (Å²) in [5.41, 5.74) is 1.95. The van der Waals surface area contributed by atoms with Gasteiger partial charge in [-0.05, 0) is 50.1 Å². The zero-order valence-corrected chi connectivity index (χ0v) is 12.0. The van der Waals surface area contributed by atoms with Crippen molar-refractivity contribution in [2.45, 2.75) is 25.6 Å². The Morgan fingerprint density at radius 3 is 2.58 bits per heavy atom. The molecule has 1 heterocycles. The number of benzene rings is 1. The van der Waals surface area contributed by atoms with Crippen LogP contribution >= 0.6 is 11.6 Å². The first-order valence-electron chi connectivity index (χ1n) is 6.56. The average molecular weight is 280 g/mol. The fraction of sp³-hybridized carbons (Fsp3) is 0.400. The van der Waals surface area contributed by atoms with Gasteiger partial charge in [-0.15, -0.1) is 11.6 Å². The predicted molar refractivity (Wildman–Crippen MR) is 77.2 cm³/mol. The average Bonchev–Trinajstić information content (AvgIpc) is 2.43. The highest BCUT2D eigenvalue weighted by Gasteiger charge is 2.28. The van der Waals surface area contributed by atoms with Crippen LogP contribution in [-0.2, 0) is 4.79 Å². The van der Waals surface area contributed by atoms with Crippen molar-refractivity contribution in [2.24, 2.45) is 0 Å². The second kappa shape index (κ2) is 6.11. The summed E-state index contributed by atoms with van der Waals surface area (Å²) in [6, 6.07) is 7.79. The van der Waals surface area contributed by atoms with Gasteiger partial charge in [-0.1, -0.05) is 6.08 Å². The van der Waals surface area contributed by atoms with Crippen LogP contribution in [0.15, 0.2) is 30.3 Å². The van der Waals surface area contributed by atoms with Gasteiger partial charge < -0.3 is 9.64 Å². The van der Waals surface area contributed by atoms with E-state index < -0.39 is 5.38 Å². The number of amides is 1. The minimum absolute atomic E-state index is 0.0180. The summed E-state index contributed by atoms with van der Waals surface area (Å²) >= 11 is 6.00. The second-order valence-electron chi connectivity index (χ2n) is 4.33. The van der Waals surface area contributed by atoms with Crippen LogP contribution in [0.4, 0.5) is 0 Å². The monoisotopic (exact) mass is 279 g/mol. The van der Waals surface area contributed by atoms with E-state index in [1.165, 1.54) is 0 Å². The van der Waals surface area contributed by atoms with Crippen LogP contribution in [0.2, 0.25) is 0 Å². The van der Waals surface area contributed by atoms with Crippen LogP contribution in [0.1, 0.15) is 25.8 Å². The number of hydrogen-bond donors (Lipinski definition) is 0. The Hall–Kier alpha value is -1.48. The first-order valence-corrected chi connectivity index (χ1v) is 6.99. The van der Waals surface area contributed by atoms with Crippen LogP contribution < -0.4 is 4.74 Å². The molecule has 1 unspecified atom stereocenters. The number of nitrogens with zero attached hydrogens (tertiary/aromatic N) is 1. The molecular formula is C15H18ClNO2. The highest BCUT2D eigenvalue weighted by molar-refractivity contribution is 6.31. The maximum Gasteiger partial charge on any atom is 0.245 e. The molecule has 3 nitrogen and oxygen atoms in total. The Morgan fingerprint density at radius 1 is 1.32 bits per heavy atom. The van der Waals surface area contributed by atoms with Crippen LogP contribution in [0, 0.1) is 0 Å². The van der Waals surface area contributed by atoms with Crippen LogP contribution in [0.5, 0.6) is 5.75 Å². The van der Waals surface area contributed by atoms with Gasteiger partial charge in [0.1, 0.15) is 11.1 Å². The maximum atomic E-state index is 12.0. The van der Waals surface area contributed by atoms with Gasteiger partial charge in [0.15, 0.2) is 0 Å². The first-order chi connectivity index (χ1) is 9.17. The van der Waals surface area contributed by atoms with Crippen molar-refractivity contribution in [3.8, 4) is 5.75 Å². The van der Waals surface area contributed by atoms with Gasteiger partial charge in [0.05, 0.1) is 6.61 Å². The fourth-order valence-electron chi connectivity index (χ4n) is 2.20. The number of alkyl halides is 1. The summed E-state index contributed by atoms with van der Waals surface area (Å²) in [5, 5.41) is -0.439. The molecule has 0 saturated heterocycles. The van der Waals surface area contributed by atoms with Gasteiger partial charge in [-0.2, -0.15) is 0 Å². The Kier molecular flexibility index (Phi) is 4.48. The van der Waals surface area contributed by atoms with E-state index in [1.807, 2.05) is 44.2 Å². The molecule has 1 aliphatic heterocycles. The Morgan fingerprint density at radius 2 is 2.00 bits per heavy atom. The molecule has 1 amide bonds. The van der Waals surface area contributed by atoms with E-state index in [4.69, 9.17) is 16.3 Å². The van der Waals surface area contributed by atoms with Gasteiger partial charge in [0.25, 0.3) is 0 Å². The van der Waals surface area contributed by atoms with E-state index >= 15 is 0 Å². The molecule has 0 aliphatic carbocycles. The van der Waals surface area contributed by atoms with E-state index in [0.717, 1.165) is 17.0 Å². The predicted octanol–water partition coefficient (Wildman–Crippen LogP) is 3.29. The third-order valence-electron chi connectivity index (χ3n) is 3.12. The van der Waals surface area contributed by atoms with Crippen LogP contribution in [-0.4, -0.2) is 29.3 Å². The van der Waals surface area contributed by atoms with Gasteiger partial charge >= 0.3 is 0 Å². The normalized spacial score (nSPS) is 19.3. The SMILES string of the molecule is CCOc1ccc(C2=CCC(Cl)C(=O)N2CC)cc1. The van der Waals surface area contributed by atoms with Gasteiger partial charge in [-0.3, -0.25) is 4.79 Å². The van der Waals surface area contributed by atoms with Crippen molar-refractivity contribution in [3.63, 3.8) is 0 Å². The van der Waals surface area contributed by atoms with E-state index in [-0.39, 0.29) is 5.91 Å². The largest absolute Gasteiger partial charge is 0.494 e. The van der Waals surface area contributed by atoms with Crippen LogP contribution in [0.25, 0.3) is 5.70 Å². The highest BCUT2D eigenvalue weighted by Crippen LogP contribution is 2.28. The molecule has 0 fully saturated rings. The molecule has 1 aromatic rings. The van der Waals surface area contributed by atoms with Crippen molar-refractivity contribution >= 4 is 23.2 Å². The summed E-state index contributed by atoms with van der Waals surface area (Å²) in [7, 11) is 0. The molecule has 2 rings (SSSR count). The highest BCUT2D eigenvalue weighted by atomic mass is 35.5. The third-order valence-corrected chi connectivity index (χ3v) is 3.49. The number of hydrogen-bond acceptors (Lipinski definition) is 2. The summed E-state index contributed by atoms with van der Waals surface area (Å²) in [4.78, 5) is 13.8. The number of allylic oxidation sites excluding steroid dienone is 1. The molecule has 0 radical (unpaired) electrons. The molecule has 4 heteroatoms. The van der Waals surface area contributed by atoms with E-state index in [2.05, 4.69) is 0 Å². The molecular weight excluding hydrogens is 262 g/mol. The smallest absolute Gasteiger partial charge is 0.245 e. The van der Waals surface area contributed by atoms with Gasteiger partial charge in [0, 0.05) is 12.2 Å². The minimum Gasteiger partial charge on any atom is -0.494 e. The number of carbonyl (C=O) groups excluding carboxylic acids is 1. The molecule has 1 aromatic carbocycles. The lowest BCUT2D eigenvalue weighted by atomic mass is 10.0. The Bertz CT molecular complexity index is 481. The van der Waals surface area contributed by atoms with Crippen molar-refractivity contribution < 1.29 is 9.53 Å². The van der Waals surface area contributed by atoms with E-state index in [9.17, 15) is 4.79 Å². The van der Waals surface area contributed by atoms with Crippen molar-refractivity contribution in [2.75, 3.05) is 13.2 Å². The number of halogens is 1. The summed E-state index contributed by atoms with van der Waals surface area (Å²) in [6.45, 7) is 5.18. The third kappa shape index (κ3) is 2.92. The maximum absolute atomic E-state index is 12.0. The minimum atomic E-state index is -0.439. The van der Waals surface area contributed by atoms with Crippen LogP contribution in [0.3, 0.4) is 0 Å². The first kappa shape index (κ1) is 13.9. The lowest BCUT2D eigenvalue weighted by Crippen LogP contribution is -2.38. The molecule has 1 atom stereocenters. The van der Waals surface area contributed by atoms with Gasteiger partial charge in [0.2, 0.25) is 5.91 Å². The molecule has 102 valence electrons. The summed E-state index contributed by atoms with van der Waals surface area (Å²) in [5.74, 6) is 0.822. The number of carbonyl (C=O) groups is 1. The van der Waals surface area contributed by atoms with Crippen molar-refractivity contribution in [1.29, 1.82) is 0 Å². The lowest BCUT2D eigenvalue weighted by molar-refractivity contribution is -0.127. The van der Waals surface area contributed by atoms with E-state index in [0.29, 0.717) is 19.6 Å². The second-order valence-corrected chi connectivity index (χ2v) is 4.86. The molecule has 1 aliphatic rings. The molecule has 0 bridgehead atoms. The molecule has 0 N–H and O–H groups in total. The summed E-state index contributed by atoms with van der Waals surface area (Å²) in [6.07, 6.45) is 2.61. The lowest BCUT2D eigenvalue weighted by Gasteiger charge is -2.30. The topological polar surface area (TPSA) is 29.5 Å². The quantitative estimate of drug-likeness (QED) is 0.792. The van der Waals surface area contributed by atoms with Crippen molar-refractivity contribution in [1.82, 2.24) is 4.90 Å². The zero-order chi connectivity index (χ0) is 13.8. The Balaban J connectivity index is 2.27. The molecule has 0 saturated carbocycles. The number of rotatable bonds is 4. The van der Waals surface area contributed by atoms with Gasteiger partial charge in [-0.25, -0.2) is 0 Å². The van der Waals surface area contributed by atoms with Crippen molar-refractivity contribution in [3.05, 3.63) is 35.9 Å². The Labute approximate surface area is 118 Å². The standard InChI is InChI=1S/C15H18ClNO2/c1-3-17-14(10-9-13(16)15(17)18)11-5-7-12(8-6-11)19-4-2/h5-8,10,13H,3-4,9H2,1-2H3. The fourth-order valence-corrected chi connectivity index (χ4v) is 2.41. The molecule has 0 spiro atoms. The molecule has 0 aromatic heterocycles. The van der Waals surface area contributed by atoms with E-state index in [1.54, 1.807) is 4.90 Å².